The molecular formula is C15H20N2O4. The second kappa shape index (κ2) is 6.47. The average Bonchev–Trinajstić information content (AvgIpc) is 2.50. The number of ether oxygens (including phenoxy) is 2. The lowest BCUT2D eigenvalue weighted by Crippen LogP contribution is -2.48. The molecule has 0 saturated carbocycles. The number of carbonyl (C=O) groups is 2. The number of para-hydroxylation sites is 1. The van der Waals surface area contributed by atoms with Gasteiger partial charge in [-0.15, -0.1) is 0 Å². The van der Waals surface area contributed by atoms with Gasteiger partial charge in [-0.05, 0) is 18.1 Å². The lowest BCUT2D eigenvalue weighted by atomic mass is 9.98. The van der Waals surface area contributed by atoms with Crippen molar-refractivity contribution in [2.45, 2.75) is 26.3 Å². The molecule has 0 spiro atoms. The maximum Gasteiger partial charge on any atom is 0.255 e. The van der Waals surface area contributed by atoms with Crippen molar-refractivity contribution in [1.82, 2.24) is 5.32 Å². The molecule has 1 aliphatic rings. The number of carbonyl (C=O) groups excluding carboxylic acids is 2. The van der Waals surface area contributed by atoms with Gasteiger partial charge in [0.15, 0.2) is 11.5 Å². The molecule has 114 valence electrons. The first-order valence-corrected chi connectivity index (χ1v) is 7.03. The van der Waals surface area contributed by atoms with Crippen LogP contribution in [-0.2, 0) is 4.79 Å². The minimum absolute atomic E-state index is 0.0387. The molecule has 0 aliphatic carbocycles. The molecule has 2 atom stereocenters. The highest BCUT2D eigenvalue weighted by Gasteiger charge is 2.27. The highest BCUT2D eigenvalue weighted by Crippen LogP contribution is 2.33. The standard InChI is InChI=1S/C15H20N2O4/c1-3-9(2)12(14(16)18)17-15(19)10-5-4-6-11-13(10)21-8-7-20-11/h4-6,9,12H,3,7-8H2,1-2H3,(H2,16,18)(H,17,19). The van der Waals surface area contributed by atoms with Crippen molar-refractivity contribution < 1.29 is 19.1 Å². The highest BCUT2D eigenvalue weighted by molar-refractivity contribution is 6.00. The Morgan fingerprint density at radius 1 is 1.33 bits per heavy atom. The zero-order valence-electron chi connectivity index (χ0n) is 12.2. The molecule has 1 aliphatic heterocycles. The van der Waals surface area contributed by atoms with E-state index in [0.717, 1.165) is 6.42 Å². The van der Waals surface area contributed by atoms with Gasteiger partial charge < -0.3 is 20.5 Å². The monoisotopic (exact) mass is 292 g/mol. The van der Waals surface area contributed by atoms with Gasteiger partial charge in [-0.1, -0.05) is 26.3 Å². The average molecular weight is 292 g/mol. The number of nitrogens with one attached hydrogen (secondary N) is 1. The van der Waals surface area contributed by atoms with Crippen molar-refractivity contribution in [3.05, 3.63) is 23.8 Å². The zero-order valence-corrected chi connectivity index (χ0v) is 12.2. The van der Waals surface area contributed by atoms with Crippen molar-refractivity contribution >= 4 is 11.8 Å². The lowest BCUT2D eigenvalue weighted by Gasteiger charge is -2.23. The van der Waals surface area contributed by atoms with Gasteiger partial charge >= 0.3 is 0 Å². The van der Waals surface area contributed by atoms with Gasteiger partial charge in [0, 0.05) is 0 Å². The third-order valence-electron chi connectivity index (χ3n) is 3.62. The topological polar surface area (TPSA) is 90.7 Å². The van der Waals surface area contributed by atoms with Crippen LogP contribution in [0.5, 0.6) is 11.5 Å². The van der Waals surface area contributed by atoms with Crippen molar-refractivity contribution in [2.24, 2.45) is 11.7 Å². The maximum atomic E-state index is 12.4. The van der Waals surface area contributed by atoms with Gasteiger partial charge in [-0.3, -0.25) is 9.59 Å². The Morgan fingerprint density at radius 2 is 2.05 bits per heavy atom. The van der Waals surface area contributed by atoms with Gasteiger partial charge in [-0.25, -0.2) is 0 Å². The number of amides is 2. The van der Waals surface area contributed by atoms with E-state index in [1.807, 2.05) is 13.8 Å². The van der Waals surface area contributed by atoms with E-state index >= 15 is 0 Å². The summed E-state index contributed by atoms with van der Waals surface area (Å²) in [6, 6.07) is 4.39. The van der Waals surface area contributed by atoms with Crippen LogP contribution in [0.15, 0.2) is 18.2 Å². The first-order valence-electron chi connectivity index (χ1n) is 7.03. The lowest BCUT2D eigenvalue weighted by molar-refractivity contribution is -0.120. The van der Waals surface area contributed by atoms with Crippen molar-refractivity contribution in [2.75, 3.05) is 13.2 Å². The minimum atomic E-state index is -0.706. The van der Waals surface area contributed by atoms with Gasteiger partial charge in [0.1, 0.15) is 19.3 Å². The third-order valence-corrected chi connectivity index (χ3v) is 3.62. The molecule has 0 radical (unpaired) electrons. The van der Waals surface area contributed by atoms with Crippen LogP contribution in [0.25, 0.3) is 0 Å². The first kappa shape index (κ1) is 15.2. The van der Waals surface area contributed by atoms with E-state index in [1.165, 1.54) is 0 Å². The predicted molar refractivity (Wildman–Crippen MR) is 77.3 cm³/mol. The normalized spacial score (nSPS) is 15.9. The first-order chi connectivity index (χ1) is 10.0. The number of rotatable bonds is 5. The van der Waals surface area contributed by atoms with E-state index in [-0.39, 0.29) is 11.8 Å². The van der Waals surface area contributed by atoms with Crippen LogP contribution in [0.2, 0.25) is 0 Å². The molecule has 1 heterocycles. The van der Waals surface area contributed by atoms with Crippen LogP contribution in [-0.4, -0.2) is 31.1 Å². The molecule has 2 unspecified atom stereocenters. The van der Waals surface area contributed by atoms with Crippen molar-refractivity contribution in [3.8, 4) is 11.5 Å². The second-order valence-electron chi connectivity index (χ2n) is 5.07. The zero-order chi connectivity index (χ0) is 15.4. The Labute approximate surface area is 123 Å². The molecule has 1 aromatic carbocycles. The summed E-state index contributed by atoms with van der Waals surface area (Å²) in [6.45, 7) is 4.65. The Morgan fingerprint density at radius 3 is 2.71 bits per heavy atom. The molecule has 1 aromatic rings. The number of fused-ring (bicyclic) bond motifs is 1. The maximum absolute atomic E-state index is 12.4. The van der Waals surface area contributed by atoms with Gasteiger partial charge in [0.2, 0.25) is 5.91 Å². The van der Waals surface area contributed by atoms with Gasteiger partial charge in [0.05, 0.1) is 5.56 Å². The molecule has 2 rings (SSSR count). The molecule has 6 nitrogen and oxygen atoms in total. The van der Waals surface area contributed by atoms with E-state index < -0.39 is 11.9 Å². The molecule has 0 aromatic heterocycles. The second-order valence-corrected chi connectivity index (χ2v) is 5.07. The number of nitrogens with two attached hydrogens (primary N) is 1. The smallest absolute Gasteiger partial charge is 0.255 e. The van der Waals surface area contributed by atoms with Gasteiger partial charge in [0.25, 0.3) is 5.91 Å². The summed E-state index contributed by atoms with van der Waals surface area (Å²) in [7, 11) is 0. The fraction of sp³-hybridized carbons (Fsp3) is 0.467. The Hall–Kier alpha value is -2.24. The summed E-state index contributed by atoms with van der Waals surface area (Å²) in [5.74, 6) is -0.0223. The van der Waals surface area contributed by atoms with Crippen LogP contribution < -0.4 is 20.5 Å². The van der Waals surface area contributed by atoms with Crippen molar-refractivity contribution in [1.29, 1.82) is 0 Å². The Bertz CT molecular complexity index is 544. The molecular weight excluding hydrogens is 272 g/mol. The number of benzene rings is 1. The van der Waals surface area contributed by atoms with Crippen LogP contribution in [0.4, 0.5) is 0 Å². The fourth-order valence-corrected chi connectivity index (χ4v) is 2.20. The highest BCUT2D eigenvalue weighted by atomic mass is 16.6. The summed E-state index contributed by atoms with van der Waals surface area (Å²) in [5, 5.41) is 2.68. The molecule has 0 fully saturated rings. The molecule has 0 saturated heterocycles. The van der Waals surface area contributed by atoms with Crippen LogP contribution in [0, 0.1) is 5.92 Å². The minimum Gasteiger partial charge on any atom is -0.486 e. The van der Waals surface area contributed by atoms with E-state index in [4.69, 9.17) is 15.2 Å². The summed E-state index contributed by atoms with van der Waals surface area (Å²) in [6.07, 6.45) is 0.737. The summed E-state index contributed by atoms with van der Waals surface area (Å²) in [4.78, 5) is 23.9. The molecule has 21 heavy (non-hydrogen) atoms. The fourth-order valence-electron chi connectivity index (χ4n) is 2.20. The number of hydrogen-bond donors (Lipinski definition) is 2. The van der Waals surface area contributed by atoms with Crippen LogP contribution in [0.3, 0.4) is 0 Å². The molecule has 6 heteroatoms. The van der Waals surface area contributed by atoms with Crippen molar-refractivity contribution in [3.63, 3.8) is 0 Å². The quantitative estimate of drug-likeness (QED) is 0.850. The van der Waals surface area contributed by atoms with E-state index in [1.54, 1.807) is 18.2 Å². The van der Waals surface area contributed by atoms with E-state index in [9.17, 15) is 9.59 Å². The number of hydrogen-bond acceptors (Lipinski definition) is 4. The number of primary amides is 1. The molecule has 0 bridgehead atoms. The SMILES string of the molecule is CCC(C)C(NC(=O)c1cccc2c1OCCO2)C(N)=O. The molecule has 3 N–H and O–H groups in total. The summed E-state index contributed by atoms with van der Waals surface area (Å²) < 4.78 is 10.9. The Kier molecular flexibility index (Phi) is 4.67. The summed E-state index contributed by atoms with van der Waals surface area (Å²) in [5.41, 5.74) is 5.72. The largest absolute Gasteiger partial charge is 0.486 e. The molecule has 2 amide bonds. The van der Waals surface area contributed by atoms with E-state index in [0.29, 0.717) is 30.3 Å². The third kappa shape index (κ3) is 3.26. The van der Waals surface area contributed by atoms with E-state index in [2.05, 4.69) is 5.32 Å². The predicted octanol–water partition coefficient (Wildman–Crippen LogP) is 1.09. The van der Waals surface area contributed by atoms with Crippen LogP contribution in [0.1, 0.15) is 30.6 Å². The van der Waals surface area contributed by atoms with Gasteiger partial charge in [-0.2, -0.15) is 0 Å². The summed E-state index contributed by atoms with van der Waals surface area (Å²) >= 11 is 0. The Balaban J connectivity index is 2.22. The van der Waals surface area contributed by atoms with Crippen LogP contribution >= 0.6 is 0 Å².